The molecule has 0 bridgehead atoms. The molecule has 0 atom stereocenters. The van der Waals surface area contributed by atoms with Crippen LogP contribution >= 0.6 is 0 Å². The van der Waals surface area contributed by atoms with Crippen molar-refractivity contribution in [3.05, 3.63) is 47.5 Å². The minimum Gasteiger partial charge on any atom is -0.508 e. The zero-order valence-electron chi connectivity index (χ0n) is 9.29. The number of benzene rings is 2. The first kappa shape index (κ1) is 11.7. The van der Waals surface area contributed by atoms with Gasteiger partial charge in [-0.25, -0.2) is 4.79 Å². The summed E-state index contributed by atoms with van der Waals surface area (Å²) in [6.45, 7) is 0. The molecule has 0 radical (unpaired) electrons. The summed E-state index contributed by atoms with van der Waals surface area (Å²) in [4.78, 5) is 10.8. The number of aliphatic carboxylic acids is 1. The first-order valence-corrected chi connectivity index (χ1v) is 5.18. The van der Waals surface area contributed by atoms with E-state index in [-0.39, 0.29) is 11.3 Å². The number of rotatable bonds is 2. The van der Waals surface area contributed by atoms with Crippen LogP contribution in [-0.2, 0) is 4.79 Å². The zero-order chi connectivity index (χ0) is 13.1. The average Bonchev–Trinajstić information content (AvgIpc) is 2.35. The summed E-state index contributed by atoms with van der Waals surface area (Å²) in [7, 11) is 0. The average molecular weight is 239 g/mol. The lowest BCUT2D eigenvalue weighted by atomic mass is 10.0. The fourth-order valence-corrected chi connectivity index (χ4v) is 1.74. The highest BCUT2D eigenvalue weighted by Crippen LogP contribution is 2.26. The molecular formula is C14H9NO3. The summed E-state index contributed by atoms with van der Waals surface area (Å²) >= 11 is 0. The van der Waals surface area contributed by atoms with E-state index in [4.69, 9.17) is 10.4 Å². The highest BCUT2D eigenvalue weighted by molar-refractivity contribution is 6.00. The molecular weight excluding hydrogens is 230 g/mol. The van der Waals surface area contributed by atoms with Crippen LogP contribution in [0.1, 0.15) is 5.56 Å². The number of phenols is 1. The first-order valence-electron chi connectivity index (χ1n) is 5.18. The molecule has 0 unspecified atom stereocenters. The third-order valence-electron chi connectivity index (χ3n) is 2.53. The number of carbonyl (C=O) groups is 1. The number of nitriles is 1. The number of aromatic hydroxyl groups is 1. The second-order valence-electron chi connectivity index (χ2n) is 3.73. The molecule has 2 aromatic rings. The number of hydrogen-bond donors (Lipinski definition) is 2. The van der Waals surface area contributed by atoms with Crippen molar-refractivity contribution in [3.63, 3.8) is 0 Å². The summed E-state index contributed by atoms with van der Waals surface area (Å²) < 4.78 is 0. The Bertz CT molecular complexity index is 696. The van der Waals surface area contributed by atoms with Crippen molar-refractivity contribution >= 4 is 22.8 Å². The third-order valence-corrected chi connectivity index (χ3v) is 2.53. The zero-order valence-corrected chi connectivity index (χ0v) is 9.29. The predicted molar refractivity (Wildman–Crippen MR) is 66.8 cm³/mol. The van der Waals surface area contributed by atoms with Gasteiger partial charge in [-0.3, -0.25) is 0 Å². The van der Waals surface area contributed by atoms with Gasteiger partial charge in [0.25, 0.3) is 0 Å². The van der Waals surface area contributed by atoms with Crippen LogP contribution in [0.4, 0.5) is 0 Å². The van der Waals surface area contributed by atoms with Gasteiger partial charge in [0, 0.05) is 0 Å². The summed E-state index contributed by atoms with van der Waals surface area (Å²) in [5.74, 6) is -1.26. The summed E-state index contributed by atoms with van der Waals surface area (Å²) in [6, 6.07) is 11.9. The van der Waals surface area contributed by atoms with E-state index in [2.05, 4.69) is 0 Å². The summed E-state index contributed by atoms with van der Waals surface area (Å²) in [5.41, 5.74) is 0.135. The van der Waals surface area contributed by atoms with Gasteiger partial charge in [-0.2, -0.15) is 5.26 Å². The van der Waals surface area contributed by atoms with Crippen LogP contribution in [0.3, 0.4) is 0 Å². The Morgan fingerprint density at radius 1 is 1.28 bits per heavy atom. The molecule has 0 aromatic heterocycles. The monoisotopic (exact) mass is 239 g/mol. The molecule has 0 spiro atoms. The van der Waals surface area contributed by atoms with Gasteiger partial charge < -0.3 is 10.2 Å². The van der Waals surface area contributed by atoms with Crippen molar-refractivity contribution < 1.29 is 15.0 Å². The van der Waals surface area contributed by atoms with Crippen molar-refractivity contribution in [1.29, 1.82) is 5.26 Å². The van der Waals surface area contributed by atoms with Crippen LogP contribution in [0, 0.1) is 11.3 Å². The highest BCUT2D eigenvalue weighted by Gasteiger charge is 2.08. The molecule has 0 amide bonds. The fourth-order valence-electron chi connectivity index (χ4n) is 1.74. The van der Waals surface area contributed by atoms with Crippen molar-refractivity contribution in [2.24, 2.45) is 0 Å². The molecule has 0 aliphatic rings. The Morgan fingerprint density at radius 3 is 2.67 bits per heavy atom. The van der Waals surface area contributed by atoms with Gasteiger partial charge in [0.2, 0.25) is 0 Å². The smallest absolute Gasteiger partial charge is 0.346 e. The van der Waals surface area contributed by atoms with Gasteiger partial charge in [-0.15, -0.1) is 0 Å². The van der Waals surface area contributed by atoms with Gasteiger partial charge in [0.05, 0.1) is 0 Å². The van der Waals surface area contributed by atoms with Gasteiger partial charge in [-0.1, -0.05) is 24.3 Å². The predicted octanol–water partition coefficient (Wildman–Crippen LogP) is 2.54. The van der Waals surface area contributed by atoms with Crippen molar-refractivity contribution in [3.8, 4) is 11.8 Å². The van der Waals surface area contributed by atoms with Crippen LogP contribution in [0.5, 0.6) is 5.75 Å². The van der Waals surface area contributed by atoms with Gasteiger partial charge in [0.1, 0.15) is 17.4 Å². The summed E-state index contributed by atoms with van der Waals surface area (Å²) in [5, 5.41) is 28.7. The van der Waals surface area contributed by atoms with Gasteiger partial charge >= 0.3 is 5.97 Å². The number of carboxylic acid groups (broad SMARTS) is 1. The molecule has 0 fully saturated rings. The van der Waals surface area contributed by atoms with Crippen molar-refractivity contribution in [2.45, 2.75) is 0 Å². The highest BCUT2D eigenvalue weighted by atomic mass is 16.4. The van der Waals surface area contributed by atoms with Crippen LogP contribution in [0.15, 0.2) is 42.0 Å². The van der Waals surface area contributed by atoms with Gasteiger partial charge in [-0.05, 0) is 34.5 Å². The van der Waals surface area contributed by atoms with Gasteiger partial charge in [0.15, 0.2) is 0 Å². The Kier molecular flexibility index (Phi) is 2.98. The van der Waals surface area contributed by atoms with Crippen LogP contribution in [0.25, 0.3) is 16.8 Å². The number of hydrogen-bond acceptors (Lipinski definition) is 3. The maximum absolute atomic E-state index is 10.8. The van der Waals surface area contributed by atoms with E-state index < -0.39 is 5.97 Å². The van der Waals surface area contributed by atoms with E-state index in [9.17, 15) is 9.90 Å². The molecule has 0 heterocycles. The van der Waals surface area contributed by atoms with E-state index in [0.29, 0.717) is 5.56 Å². The lowest BCUT2D eigenvalue weighted by Crippen LogP contribution is -1.97. The van der Waals surface area contributed by atoms with E-state index >= 15 is 0 Å². The van der Waals surface area contributed by atoms with E-state index in [1.165, 1.54) is 12.1 Å². The third kappa shape index (κ3) is 2.15. The SMILES string of the molecule is N#C/C(=C/c1cc(O)cc2ccccc12)C(=O)O. The van der Waals surface area contributed by atoms with Crippen LogP contribution in [0.2, 0.25) is 0 Å². The number of carboxylic acids is 1. The second kappa shape index (κ2) is 4.60. The maximum atomic E-state index is 10.8. The molecule has 0 aliphatic carbocycles. The largest absolute Gasteiger partial charge is 0.508 e. The molecule has 18 heavy (non-hydrogen) atoms. The van der Waals surface area contributed by atoms with E-state index in [0.717, 1.165) is 10.8 Å². The second-order valence-corrected chi connectivity index (χ2v) is 3.73. The summed E-state index contributed by atoms with van der Waals surface area (Å²) in [6.07, 6.45) is 1.25. The Labute approximate surface area is 103 Å². The fraction of sp³-hybridized carbons (Fsp3) is 0. The molecule has 0 saturated heterocycles. The van der Waals surface area contributed by atoms with Crippen LogP contribution < -0.4 is 0 Å². The minimum absolute atomic E-state index is 0.0302. The topological polar surface area (TPSA) is 81.3 Å². The lowest BCUT2D eigenvalue weighted by molar-refractivity contribution is -0.132. The number of phenolic OH excluding ortho intramolecular Hbond substituents is 1. The van der Waals surface area contributed by atoms with Crippen molar-refractivity contribution in [2.75, 3.05) is 0 Å². The Balaban J connectivity index is 2.72. The maximum Gasteiger partial charge on any atom is 0.346 e. The molecule has 4 heteroatoms. The van der Waals surface area contributed by atoms with E-state index in [1.807, 2.05) is 12.1 Å². The number of nitrogens with zero attached hydrogens (tertiary/aromatic N) is 1. The minimum atomic E-state index is -1.29. The van der Waals surface area contributed by atoms with E-state index in [1.54, 1.807) is 24.3 Å². The quantitative estimate of drug-likeness (QED) is 0.623. The molecule has 0 aliphatic heterocycles. The lowest BCUT2D eigenvalue weighted by Gasteiger charge is -2.04. The molecule has 2 aromatic carbocycles. The molecule has 4 nitrogen and oxygen atoms in total. The molecule has 88 valence electrons. The Hall–Kier alpha value is -2.80. The molecule has 0 saturated carbocycles. The van der Waals surface area contributed by atoms with Crippen LogP contribution in [-0.4, -0.2) is 16.2 Å². The molecule has 2 N–H and O–H groups in total. The number of fused-ring (bicyclic) bond motifs is 1. The normalized spacial score (nSPS) is 11.2. The van der Waals surface area contributed by atoms with Crippen molar-refractivity contribution in [1.82, 2.24) is 0 Å². The first-order chi connectivity index (χ1) is 8.61. The Morgan fingerprint density at radius 2 is 2.00 bits per heavy atom. The standard InChI is InChI=1S/C14H9NO3/c15-8-11(14(17)18)5-10-7-12(16)6-9-3-1-2-4-13(9)10/h1-7,16H,(H,17,18)/b11-5-. The molecule has 2 rings (SSSR count).